The minimum atomic E-state index is 0.169. The number of hydrogen-bond donors (Lipinski definition) is 1. The number of rotatable bonds is 4. The summed E-state index contributed by atoms with van der Waals surface area (Å²) < 4.78 is 0. The molecule has 0 aliphatic rings. The smallest absolute Gasteiger partial charge is 0.147 e. The summed E-state index contributed by atoms with van der Waals surface area (Å²) in [6.07, 6.45) is 2.44. The molecule has 76 valence electrons. The second-order valence-electron chi connectivity index (χ2n) is 2.96. The van der Waals surface area contributed by atoms with Gasteiger partial charge < -0.3 is 5.73 Å². The van der Waals surface area contributed by atoms with Crippen molar-refractivity contribution in [3.8, 4) is 0 Å². The van der Waals surface area contributed by atoms with E-state index in [0.29, 0.717) is 17.4 Å². The van der Waals surface area contributed by atoms with E-state index in [0.717, 1.165) is 10.5 Å². The van der Waals surface area contributed by atoms with Crippen LogP contribution in [0.1, 0.15) is 5.56 Å². The molecule has 0 aliphatic heterocycles. The van der Waals surface area contributed by atoms with Gasteiger partial charge in [-0.2, -0.15) is 0 Å². The van der Waals surface area contributed by atoms with Crippen molar-refractivity contribution in [2.45, 2.75) is 11.3 Å². The van der Waals surface area contributed by atoms with Gasteiger partial charge in [-0.05, 0) is 30.0 Å². The Hall–Kier alpha value is -0.480. The number of thioether (sulfide) groups is 1. The Labute approximate surface area is 96.4 Å². The van der Waals surface area contributed by atoms with Gasteiger partial charge in [-0.15, -0.1) is 11.8 Å². The third-order valence-electron chi connectivity index (χ3n) is 1.77. The van der Waals surface area contributed by atoms with E-state index in [2.05, 4.69) is 15.9 Å². The van der Waals surface area contributed by atoms with E-state index in [1.807, 2.05) is 24.5 Å². The summed E-state index contributed by atoms with van der Waals surface area (Å²) in [6, 6.07) is 5.76. The third-order valence-corrected chi connectivity index (χ3v) is 3.11. The second kappa shape index (κ2) is 5.41. The van der Waals surface area contributed by atoms with Crippen molar-refractivity contribution in [2.75, 3.05) is 17.3 Å². The highest BCUT2D eigenvalue weighted by atomic mass is 79.9. The van der Waals surface area contributed by atoms with Crippen molar-refractivity contribution in [1.29, 1.82) is 0 Å². The molecule has 0 saturated heterocycles. The van der Waals surface area contributed by atoms with E-state index in [1.54, 1.807) is 11.8 Å². The van der Waals surface area contributed by atoms with Crippen LogP contribution in [-0.4, -0.2) is 17.4 Å². The van der Waals surface area contributed by atoms with Gasteiger partial charge in [0.15, 0.2) is 0 Å². The van der Waals surface area contributed by atoms with Crippen LogP contribution in [0.3, 0.4) is 0 Å². The molecular weight excluding hydrogens is 262 g/mol. The Morgan fingerprint density at radius 1 is 1.50 bits per heavy atom. The SMILES string of the molecule is CSc1cc(N)cc(CC(=O)CBr)c1. The maximum Gasteiger partial charge on any atom is 0.147 e. The molecule has 1 rings (SSSR count). The fourth-order valence-electron chi connectivity index (χ4n) is 1.18. The van der Waals surface area contributed by atoms with Crippen LogP contribution in [0, 0.1) is 0 Å². The molecule has 2 nitrogen and oxygen atoms in total. The number of carbonyl (C=O) groups excluding carboxylic acids is 1. The summed E-state index contributed by atoms with van der Waals surface area (Å²) in [4.78, 5) is 12.3. The van der Waals surface area contributed by atoms with Gasteiger partial charge >= 0.3 is 0 Å². The van der Waals surface area contributed by atoms with Crippen LogP contribution >= 0.6 is 27.7 Å². The molecule has 0 spiro atoms. The molecule has 0 atom stereocenters. The Bertz CT molecular complexity index is 341. The molecule has 0 aromatic heterocycles. The molecule has 0 fully saturated rings. The highest BCUT2D eigenvalue weighted by molar-refractivity contribution is 9.09. The quantitative estimate of drug-likeness (QED) is 0.521. The lowest BCUT2D eigenvalue weighted by atomic mass is 10.1. The van der Waals surface area contributed by atoms with Crippen LogP contribution in [0.15, 0.2) is 23.1 Å². The predicted octanol–water partition coefficient (Wildman–Crippen LogP) is 2.50. The predicted molar refractivity (Wildman–Crippen MR) is 65.1 cm³/mol. The number of alkyl halides is 1. The lowest BCUT2D eigenvalue weighted by Gasteiger charge is -2.04. The number of benzene rings is 1. The van der Waals surface area contributed by atoms with Crippen LogP contribution in [0.25, 0.3) is 0 Å². The number of ketones is 1. The minimum Gasteiger partial charge on any atom is -0.399 e. The zero-order valence-corrected chi connectivity index (χ0v) is 10.3. The van der Waals surface area contributed by atoms with E-state index < -0.39 is 0 Å². The average molecular weight is 274 g/mol. The molecule has 1 aromatic carbocycles. The van der Waals surface area contributed by atoms with Crippen LogP contribution in [-0.2, 0) is 11.2 Å². The zero-order chi connectivity index (χ0) is 10.6. The largest absolute Gasteiger partial charge is 0.399 e. The molecule has 14 heavy (non-hydrogen) atoms. The lowest BCUT2D eigenvalue weighted by Crippen LogP contribution is -2.04. The van der Waals surface area contributed by atoms with Gasteiger partial charge in [-0.25, -0.2) is 0 Å². The Morgan fingerprint density at radius 2 is 2.21 bits per heavy atom. The van der Waals surface area contributed by atoms with Crippen molar-refractivity contribution >= 4 is 39.2 Å². The monoisotopic (exact) mass is 273 g/mol. The van der Waals surface area contributed by atoms with Crippen molar-refractivity contribution in [3.63, 3.8) is 0 Å². The number of nitrogen functional groups attached to an aromatic ring is 1. The number of carbonyl (C=O) groups is 1. The fourth-order valence-corrected chi connectivity index (χ4v) is 1.90. The maximum atomic E-state index is 11.2. The van der Waals surface area contributed by atoms with Crippen LogP contribution in [0.4, 0.5) is 5.69 Å². The van der Waals surface area contributed by atoms with E-state index in [-0.39, 0.29) is 5.78 Å². The summed E-state index contributed by atoms with van der Waals surface area (Å²) in [7, 11) is 0. The van der Waals surface area contributed by atoms with Gasteiger partial charge in [-0.1, -0.05) is 15.9 Å². The number of Topliss-reactive ketones (excluding diaryl/α,β-unsaturated/α-hetero) is 1. The molecule has 1 aromatic rings. The highest BCUT2D eigenvalue weighted by Gasteiger charge is 2.03. The number of anilines is 1. The Balaban J connectivity index is 2.86. The van der Waals surface area contributed by atoms with Crippen molar-refractivity contribution in [1.82, 2.24) is 0 Å². The van der Waals surface area contributed by atoms with Gasteiger partial charge in [0.1, 0.15) is 5.78 Å². The number of halogens is 1. The number of hydrogen-bond acceptors (Lipinski definition) is 3. The lowest BCUT2D eigenvalue weighted by molar-refractivity contribution is -0.115. The van der Waals surface area contributed by atoms with Crippen LogP contribution in [0.5, 0.6) is 0 Å². The van der Waals surface area contributed by atoms with Gasteiger partial charge in [0.2, 0.25) is 0 Å². The summed E-state index contributed by atoms with van der Waals surface area (Å²) in [6.45, 7) is 0. The second-order valence-corrected chi connectivity index (χ2v) is 4.40. The molecule has 0 saturated carbocycles. The van der Waals surface area contributed by atoms with Crippen molar-refractivity contribution in [3.05, 3.63) is 23.8 Å². The van der Waals surface area contributed by atoms with E-state index in [1.165, 1.54) is 0 Å². The minimum absolute atomic E-state index is 0.169. The van der Waals surface area contributed by atoms with Crippen LogP contribution in [0.2, 0.25) is 0 Å². The van der Waals surface area contributed by atoms with Gasteiger partial charge in [0.05, 0.1) is 5.33 Å². The zero-order valence-electron chi connectivity index (χ0n) is 7.92. The Kier molecular flexibility index (Phi) is 4.48. The third kappa shape index (κ3) is 3.35. The first-order chi connectivity index (χ1) is 6.65. The van der Waals surface area contributed by atoms with Gasteiger partial charge in [0.25, 0.3) is 0 Å². The summed E-state index contributed by atoms with van der Waals surface area (Å²) in [5, 5.41) is 0.399. The molecular formula is C10H12BrNOS. The first-order valence-electron chi connectivity index (χ1n) is 4.17. The molecule has 0 amide bonds. The highest BCUT2D eigenvalue weighted by Crippen LogP contribution is 2.20. The summed E-state index contributed by atoms with van der Waals surface area (Å²) >= 11 is 4.77. The normalized spacial score (nSPS) is 10.1. The van der Waals surface area contributed by atoms with Crippen molar-refractivity contribution in [2.24, 2.45) is 0 Å². The summed E-state index contributed by atoms with van der Waals surface area (Å²) in [5.74, 6) is 0.169. The molecule has 0 heterocycles. The van der Waals surface area contributed by atoms with Crippen molar-refractivity contribution < 1.29 is 4.79 Å². The molecule has 0 unspecified atom stereocenters. The first kappa shape index (κ1) is 11.6. The average Bonchev–Trinajstić information content (AvgIpc) is 2.16. The Morgan fingerprint density at radius 3 is 2.79 bits per heavy atom. The first-order valence-corrected chi connectivity index (χ1v) is 6.51. The van der Waals surface area contributed by atoms with E-state index in [9.17, 15) is 4.79 Å². The topological polar surface area (TPSA) is 43.1 Å². The number of nitrogens with two attached hydrogens (primary N) is 1. The van der Waals surface area contributed by atoms with E-state index in [4.69, 9.17) is 5.73 Å². The van der Waals surface area contributed by atoms with Gasteiger partial charge in [-0.3, -0.25) is 4.79 Å². The standard InChI is InChI=1S/C10H12BrNOS/c1-14-10-4-7(2-8(12)5-10)3-9(13)6-11/h2,4-5H,3,6,12H2,1H3. The molecule has 4 heteroatoms. The fraction of sp³-hybridized carbons (Fsp3) is 0.300. The molecule has 0 aliphatic carbocycles. The molecule has 0 radical (unpaired) electrons. The molecule has 2 N–H and O–H groups in total. The molecule has 0 bridgehead atoms. The maximum absolute atomic E-state index is 11.2. The van der Waals surface area contributed by atoms with Gasteiger partial charge in [0, 0.05) is 17.0 Å². The summed E-state index contributed by atoms with van der Waals surface area (Å²) in [5.41, 5.74) is 7.42. The van der Waals surface area contributed by atoms with E-state index >= 15 is 0 Å². The van der Waals surface area contributed by atoms with Crippen LogP contribution < -0.4 is 5.73 Å².